The molecule has 7 aromatic carbocycles. The summed E-state index contributed by atoms with van der Waals surface area (Å²) in [5.41, 5.74) is 20.9. The normalized spacial score (nSPS) is 14.6. The molecule has 0 radical (unpaired) electrons. The molecule has 0 bridgehead atoms. The number of rotatable bonds is 2. The molecule has 0 saturated heterocycles. The molecule has 0 spiro atoms. The molecule has 1 aromatic heterocycles. The maximum atomic E-state index is 2.64. The summed E-state index contributed by atoms with van der Waals surface area (Å²) in [6.07, 6.45) is 0. The number of nitrogens with zero attached hydrogens (tertiary/aromatic N) is 4. The van der Waals surface area contributed by atoms with Crippen molar-refractivity contribution in [1.82, 2.24) is 0 Å². The Bertz CT molecular complexity index is 2660. The number of para-hydroxylation sites is 6. The summed E-state index contributed by atoms with van der Waals surface area (Å²) < 4.78 is 3.14. The van der Waals surface area contributed by atoms with E-state index >= 15 is 0 Å². The van der Waals surface area contributed by atoms with Crippen molar-refractivity contribution in [3.63, 3.8) is 0 Å². The van der Waals surface area contributed by atoms with E-state index in [1.807, 2.05) is 0 Å². The van der Waals surface area contributed by atoms with Crippen LogP contribution in [0.25, 0.3) is 0 Å². The molecule has 0 saturated carbocycles. The van der Waals surface area contributed by atoms with Crippen LogP contribution in [-0.2, 0) is 0 Å². The van der Waals surface area contributed by atoms with Crippen LogP contribution in [0, 0.1) is 0 Å². The molecule has 5 aliphatic rings. The average Bonchev–Trinajstić information content (AvgIpc) is 3.62. The van der Waals surface area contributed by atoms with Crippen molar-refractivity contribution >= 4 is 127 Å². The van der Waals surface area contributed by atoms with Crippen molar-refractivity contribution in [3.05, 3.63) is 170 Å². The molecule has 0 unspecified atom stereocenters. The zero-order chi connectivity index (χ0) is 34.4. The Morgan fingerprint density at radius 2 is 0.642 bits per heavy atom. The molecule has 4 nitrogen and oxygen atoms in total. The number of anilines is 12. The Balaban J connectivity index is 1.14. The molecule has 6 heterocycles. The Labute approximate surface area is 314 Å². The minimum atomic E-state index is 0.0815. The molecule has 8 aromatic rings. The van der Waals surface area contributed by atoms with Gasteiger partial charge in [0.1, 0.15) is 0 Å². The van der Waals surface area contributed by atoms with E-state index in [4.69, 9.17) is 0 Å². The molecule has 0 amide bonds. The molecule has 5 aliphatic heterocycles. The summed E-state index contributed by atoms with van der Waals surface area (Å²) in [7, 11) is 0. The summed E-state index contributed by atoms with van der Waals surface area (Å²) in [5, 5.41) is 0. The Hall–Kier alpha value is -6.13. The van der Waals surface area contributed by atoms with Crippen LogP contribution in [0.2, 0.25) is 0 Å². The number of hydrogen-bond acceptors (Lipinski definition) is 4. The fourth-order valence-electron chi connectivity index (χ4n) is 10.0. The molecule has 0 N–H and O–H groups in total. The standard InChI is InChI=1S/C46H28B2N4Se/c1-3-15-29(16-4-1)49-33-21-9-7-19-31(33)47-41-37(49)25-13-27-39(41)51-35-23-11-12-24-36(35)52-40-28-14-26-38-42(40)48(46-44(52)43(51)45(47)53-46)32-20-8-10-22-34(32)50(38)30-17-5-2-6-18-30/h1-28H. The molecule has 0 fully saturated rings. The molecule has 13 rings (SSSR count). The first-order chi connectivity index (χ1) is 26.4. The second kappa shape index (κ2) is 10.3. The van der Waals surface area contributed by atoms with E-state index in [0.717, 1.165) is 0 Å². The second-order valence-corrected chi connectivity index (χ2v) is 16.7. The van der Waals surface area contributed by atoms with E-state index in [-0.39, 0.29) is 27.9 Å². The first kappa shape index (κ1) is 28.5. The van der Waals surface area contributed by atoms with E-state index in [0.29, 0.717) is 0 Å². The van der Waals surface area contributed by atoms with Crippen molar-refractivity contribution in [2.45, 2.75) is 0 Å². The molecule has 0 aliphatic carbocycles. The monoisotopic (exact) mass is 738 g/mol. The van der Waals surface area contributed by atoms with E-state index in [1.54, 1.807) is 8.67 Å². The minimum absolute atomic E-state index is 0.0815. The van der Waals surface area contributed by atoms with Gasteiger partial charge in [-0.05, 0) is 0 Å². The van der Waals surface area contributed by atoms with Crippen LogP contribution in [0.5, 0.6) is 0 Å². The predicted octanol–water partition coefficient (Wildman–Crippen LogP) is 7.22. The van der Waals surface area contributed by atoms with Gasteiger partial charge in [0, 0.05) is 0 Å². The third-order valence-corrected chi connectivity index (χ3v) is 14.6. The number of benzene rings is 7. The van der Waals surface area contributed by atoms with Crippen molar-refractivity contribution in [2.75, 3.05) is 19.6 Å². The predicted molar refractivity (Wildman–Crippen MR) is 225 cm³/mol. The quantitative estimate of drug-likeness (QED) is 0.174. The summed E-state index contributed by atoms with van der Waals surface area (Å²) >= 11 is 0.0815. The summed E-state index contributed by atoms with van der Waals surface area (Å²) in [6, 6.07) is 63.2. The van der Waals surface area contributed by atoms with Gasteiger partial charge < -0.3 is 0 Å². The fraction of sp³-hybridized carbons (Fsp3) is 0. The van der Waals surface area contributed by atoms with Gasteiger partial charge in [-0.15, -0.1) is 0 Å². The first-order valence-electron chi connectivity index (χ1n) is 18.4. The summed E-state index contributed by atoms with van der Waals surface area (Å²) in [5.74, 6) is 0. The summed E-state index contributed by atoms with van der Waals surface area (Å²) in [4.78, 5) is 10.3. The zero-order valence-corrected chi connectivity index (χ0v) is 30.2. The van der Waals surface area contributed by atoms with Crippen molar-refractivity contribution in [1.29, 1.82) is 0 Å². The van der Waals surface area contributed by atoms with Crippen molar-refractivity contribution < 1.29 is 0 Å². The van der Waals surface area contributed by atoms with Crippen LogP contribution in [0.15, 0.2) is 170 Å². The fourth-order valence-corrected chi connectivity index (χ4v) is 13.2. The van der Waals surface area contributed by atoms with Crippen LogP contribution >= 0.6 is 0 Å². The van der Waals surface area contributed by atoms with Crippen LogP contribution in [0.1, 0.15) is 0 Å². The molecule has 53 heavy (non-hydrogen) atoms. The van der Waals surface area contributed by atoms with Crippen LogP contribution in [0.4, 0.5) is 68.2 Å². The molecular formula is C46H28B2N4Se. The first-order valence-corrected chi connectivity index (χ1v) is 20.1. The van der Waals surface area contributed by atoms with Gasteiger partial charge in [0.25, 0.3) is 0 Å². The second-order valence-electron chi connectivity index (χ2n) is 14.4. The van der Waals surface area contributed by atoms with E-state index in [2.05, 4.69) is 189 Å². The maximum absolute atomic E-state index is 2.64. The van der Waals surface area contributed by atoms with Gasteiger partial charge in [-0.2, -0.15) is 0 Å². The van der Waals surface area contributed by atoms with Crippen molar-refractivity contribution in [2.24, 2.45) is 0 Å². The van der Waals surface area contributed by atoms with Gasteiger partial charge in [0.2, 0.25) is 0 Å². The van der Waals surface area contributed by atoms with Gasteiger partial charge in [-0.1, -0.05) is 0 Å². The van der Waals surface area contributed by atoms with E-state index < -0.39 is 0 Å². The Morgan fingerprint density at radius 1 is 0.302 bits per heavy atom. The van der Waals surface area contributed by atoms with Crippen LogP contribution in [-0.4, -0.2) is 27.9 Å². The van der Waals surface area contributed by atoms with Gasteiger partial charge in [0.15, 0.2) is 0 Å². The van der Waals surface area contributed by atoms with Crippen LogP contribution in [0.3, 0.4) is 0 Å². The molecule has 0 atom stereocenters. The van der Waals surface area contributed by atoms with Crippen molar-refractivity contribution in [3.8, 4) is 0 Å². The number of fused-ring (bicyclic) bond motifs is 11. The SMILES string of the molecule is c1ccc(N2c3ccccc3B3c4[se]c5c6c4N(c4ccccc4N6c4cccc6c4B5c4ccccc4N6c4ccccc4)c4cccc2c43)cc1. The zero-order valence-electron chi connectivity index (χ0n) is 28.5. The van der Waals surface area contributed by atoms with Gasteiger partial charge in [-0.3, -0.25) is 0 Å². The third-order valence-electron chi connectivity index (χ3n) is 11.9. The van der Waals surface area contributed by atoms with E-state index in [1.165, 1.54) is 90.1 Å². The van der Waals surface area contributed by atoms with E-state index in [9.17, 15) is 0 Å². The van der Waals surface area contributed by atoms with Gasteiger partial charge in [-0.25, -0.2) is 0 Å². The summed E-state index contributed by atoms with van der Waals surface area (Å²) in [6.45, 7) is 0.340. The molecular weight excluding hydrogens is 709 g/mol. The third kappa shape index (κ3) is 3.50. The molecule has 244 valence electrons. The topological polar surface area (TPSA) is 13.0 Å². The van der Waals surface area contributed by atoms with Crippen LogP contribution < -0.4 is 50.1 Å². The Kier molecular flexibility index (Phi) is 5.51. The Morgan fingerprint density at radius 3 is 1.08 bits per heavy atom. The average molecular weight is 737 g/mol. The number of hydrogen-bond donors (Lipinski definition) is 0. The van der Waals surface area contributed by atoms with Gasteiger partial charge in [0.05, 0.1) is 0 Å². The van der Waals surface area contributed by atoms with Gasteiger partial charge >= 0.3 is 316 Å². The molecule has 7 heteroatoms.